The highest BCUT2D eigenvalue weighted by molar-refractivity contribution is 5.26. The van der Waals surface area contributed by atoms with E-state index in [9.17, 15) is 5.11 Å². The normalized spacial score (nSPS) is 28.1. The van der Waals surface area contributed by atoms with Crippen LogP contribution in [0.5, 0.6) is 0 Å². The molecule has 0 radical (unpaired) electrons. The summed E-state index contributed by atoms with van der Waals surface area (Å²) in [6.07, 6.45) is 1.72. The van der Waals surface area contributed by atoms with Gasteiger partial charge in [-0.2, -0.15) is 0 Å². The first-order chi connectivity index (χ1) is 7.48. The molecule has 1 saturated heterocycles. The second kappa shape index (κ2) is 4.03. The van der Waals surface area contributed by atoms with Crippen LogP contribution in [0.3, 0.4) is 0 Å². The smallest absolute Gasteiger partial charge is 0.318 e. The van der Waals surface area contributed by atoms with E-state index in [1.54, 1.807) is 6.92 Å². The van der Waals surface area contributed by atoms with Gasteiger partial charge in [0.2, 0.25) is 5.89 Å². The number of nitrogens with two attached hydrogens (primary N) is 1. The first-order valence-corrected chi connectivity index (χ1v) is 5.54. The summed E-state index contributed by atoms with van der Waals surface area (Å²) in [5.41, 5.74) is 4.97. The van der Waals surface area contributed by atoms with Crippen LogP contribution in [-0.2, 0) is 0 Å². The summed E-state index contributed by atoms with van der Waals surface area (Å²) in [5.74, 6) is 0.431. The average molecular weight is 226 g/mol. The van der Waals surface area contributed by atoms with Gasteiger partial charge in [-0.15, -0.1) is 5.10 Å². The monoisotopic (exact) mass is 226 g/mol. The summed E-state index contributed by atoms with van der Waals surface area (Å²) < 4.78 is 5.45. The number of rotatable bonds is 2. The van der Waals surface area contributed by atoms with Gasteiger partial charge in [-0.05, 0) is 26.7 Å². The maximum absolute atomic E-state index is 9.97. The van der Waals surface area contributed by atoms with Crippen LogP contribution >= 0.6 is 0 Å². The van der Waals surface area contributed by atoms with E-state index in [2.05, 4.69) is 10.2 Å². The van der Waals surface area contributed by atoms with Gasteiger partial charge in [-0.25, -0.2) is 0 Å². The fourth-order valence-electron chi connectivity index (χ4n) is 1.92. The maximum atomic E-state index is 9.97. The van der Waals surface area contributed by atoms with E-state index in [0.29, 0.717) is 18.5 Å². The van der Waals surface area contributed by atoms with E-state index >= 15 is 0 Å². The summed E-state index contributed by atoms with van der Waals surface area (Å²) in [6, 6.07) is 0.193. The van der Waals surface area contributed by atoms with Gasteiger partial charge in [0.15, 0.2) is 0 Å². The molecular weight excluding hydrogens is 208 g/mol. The van der Waals surface area contributed by atoms with Crippen molar-refractivity contribution in [1.29, 1.82) is 0 Å². The molecule has 0 bridgehead atoms. The van der Waals surface area contributed by atoms with Crippen molar-refractivity contribution in [3.05, 3.63) is 5.89 Å². The highest BCUT2D eigenvalue weighted by Crippen LogP contribution is 2.25. The van der Waals surface area contributed by atoms with Gasteiger partial charge in [0.25, 0.3) is 0 Å². The molecule has 0 aliphatic carbocycles. The van der Waals surface area contributed by atoms with Crippen LogP contribution in [0.25, 0.3) is 0 Å². The van der Waals surface area contributed by atoms with Gasteiger partial charge in [-0.3, -0.25) is 0 Å². The summed E-state index contributed by atoms with van der Waals surface area (Å²) in [5, 5.41) is 17.8. The largest absolute Gasteiger partial charge is 0.406 e. The molecule has 0 aromatic carbocycles. The fraction of sp³-hybridized carbons (Fsp3) is 0.800. The van der Waals surface area contributed by atoms with E-state index in [0.717, 1.165) is 19.4 Å². The standard InChI is InChI=1S/C10H18N4O2/c1-7(11)8-12-13-9(16-8)14-5-3-4-10(2,15)6-14/h7,15H,3-6,11H2,1-2H3. The molecule has 16 heavy (non-hydrogen) atoms. The average Bonchev–Trinajstić information content (AvgIpc) is 2.64. The summed E-state index contributed by atoms with van der Waals surface area (Å²) >= 11 is 0. The van der Waals surface area contributed by atoms with Gasteiger partial charge in [0, 0.05) is 6.54 Å². The summed E-state index contributed by atoms with van der Waals surface area (Å²) in [7, 11) is 0. The number of aromatic nitrogens is 2. The minimum Gasteiger partial charge on any atom is -0.406 e. The van der Waals surface area contributed by atoms with Crippen LogP contribution in [0.1, 0.15) is 38.6 Å². The third-order valence-corrected chi connectivity index (χ3v) is 2.76. The second-order valence-corrected chi connectivity index (χ2v) is 4.73. The lowest BCUT2D eigenvalue weighted by atomic mass is 9.96. The van der Waals surface area contributed by atoms with Crippen LogP contribution in [-0.4, -0.2) is 34.0 Å². The molecule has 1 aliphatic rings. The van der Waals surface area contributed by atoms with Crippen molar-refractivity contribution in [3.63, 3.8) is 0 Å². The summed E-state index contributed by atoms with van der Waals surface area (Å²) in [6.45, 7) is 4.97. The lowest BCUT2D eigenvalue weighted by Gasteiger charge is -2.35. The van der Waals surface area contributed by atoms with E-state index in [4.69, 9.17) is 10.2 Å². The lowest BCUT2D eigenvalue weighted by molar-refractivity contribution is 0.0434. The Kier molecular flexibility index (Phi) is 2.86. The van der Waals surface area contributed by atoms with E-state index in [-0.39, 0.29) is 6.04 Å². The zero-order valence-electron chi connectivity index (χ0n) is 9.68. The maximum Gasteiger partial charge on any atom is 0.318 e. The highest BCUT2D eigenvalue weighted by atomic mass is 16.4. The number of aliphatic hydroxyl groups is 1. The van der Waals surface area contributed by atoms with Gasteiger partial charge in [0.05, 0.1) is 18.2 Å². The molecule has 0 amide bonds. The third-order valence-electron chi connectivity index (χ3n) is 2.76. The molecule has 90 valence electrons. The number of nitrogens with zero attached hydrogens (tertiary/aromatic N) is 3. The number of piperidine rings is 1. The van der Waals surface area contributed by atoms with Crippen LogP contribution in [0.15, 0.2) is 4.42 Å². The second-order valence-electron chi connectivity index (χ2n) is 4.73. The first-order valence-electron chi connectivity index (χ1n) is 5.54. The quantitative estimate of drug-likeness (QED) is 0.760. The Morgan fingerprint density at radius 3 is 2.88 bits per heavy atom. The van der Waals surface area contributed by atoms with E-state index < -0.39 is 5.60 Å². The van der Waals surface area contributed by atoms with E-state index in [1.165, 1.54) is 0 Å². The van der Waals surface area contributed by atoms with Crippen LogP contribution < -0.4 is 10.6 Å². The predicted molar refractivity (Wildman–Crippen MR) is 59.0 cm³/mol. The predicted octanol–water partition coefficient (Wildman–Crippen LogP) is 0.441. The Bertz CT molecular complexity index is 361. The van der Waals surface area contributed by atoms with Gasteiger partial charge >= 0.3 is 6.01 Å². The highest BCUT2D eigenvalue weighted by Gasteiger charge is 2.30. The molecule has 1 aliphatic heterocycles. The Labute approximate surface area is 94.4 Å². The molecule has 2 heterocycles. The zero-order valence-corrected chi connectivity index (χ0v) is 9.68. The topological polar surface area (TPSA) is 88.4 Å². The zero-order chi connectivity index (χ0) is 11.8. The molecule has 6 nitrogen and oxygen atoms in total. The van der Waals surface area contributed by atoms with Crippen LogP contribution in [0.4, 0.5) is 6.01 Å². The lowest BCUT2D eigenvalue weighted by Crippen LogP contribution is -2.46. The molecule has 1 aromatic heterocycles. The van der Waals surface area contributed by atoms with Gasteiger partial charge in [-0.1, -0.05) is 5.10 Å². The fourth-order valence-corrected chi connectivity index (χ4v) is 1.92. The first kappa shape index (κ1) is 11.3. The Morgan fingerprint density at radius 2 is 2.31 bits per heavy atom. The van der Waals surface area contributed by atoms with Crippen molar-refractivity contribution in [2.75, 3.05) is 18.0 Å². The molecule has 0 spiro atoms. The Balaban J connectivity index is 2.11. The van der Waals surface area contributed by atoms with Crippen LogP contribution in [0.2, 0.25) is 0 Å². The number of anilines is 1. The van der Waals surface area contributed by atoms with Crippen molar-refractivity contribution >= 4 is 6.01 Å². The molecule has 3 N–H and O–H groups in total. The molecule has 1 fully saturated rings. The van der Waals surface area contributed by atoms with Crippen molar-refractivity contribution in [2.24, 2.45) is 5.73 Å². The van der Waals surface area contributed by atoms with E-state index in [1.807, 2.05) is 11.8 Å². The molecule has 0 saturated carbocycles. The number of hydrogen-bond acceptors (Lipinski definition) is 6. The van der Waals surface area contributed by atoms with Crippen molar-refractivity contribution in [1.82, 2.24) is 10.2 Å². The molecular formula is C10H18N4O2. The number of β-amino-alcohol motifs (C(OH)–C–C–N with tert-alkyl or cyclic N) is 1. The minimum atomic E-state index is -0.679. The molecule has 2 rings (SSSR count). The SMILES string of the molecule is CC(N)c1nnc(N2CCCC(C)(O)C2)o1. The summed E-state index contributed by atoms with van der Waals surface area (Å²) in [4.78, 5) is 1.91. The Morgan fingerprint density at radius 1 is 1.56 bits per heavy atom. The van der Waals surface area contributed by atoms with Gasteiger partial charge in [0.1, 0.15) is 0 Å². The molecule has 6 heteroatoms. The number of hydrogen-bond donors (Lipinski definition) is 2. The van der Waals surface area contributed by atoms with Crippen LogP contribution in [0, 0.1) is 0 Å². The third kappa shape index (κ3) is 2.33. The minimum absolute atomic E-state index is 0.258. The van der Waals surface area contributed by atoms with Gasteiger partial charge < -0.3 is 20.2 Å². The molecule has 2 atom stereocenters. The van der Waals surface area contributed by atoms with Crippen molar-refractivity contribution in [2.45, 2.75) is 38.3 Å². The van der Waals surface area contributed by atoms with Crippen molar-refractivity contribution in [3.8, 4) is 0 Å². The van der Waals surface area contributed by atoms with Crippen molar-refractivity contribution < 1.29 is 9.52 Å². The molecule has 2 unspecified atom stereocenters. The Hall–Kier alpha value is -1.14. The molecule has 1 aromatic rings.